The molecule has 0 amide bonds. The van der Waals surface area contributed by atoms with Gasteiger partial charge in [0.1, 0.15) is 26.4 Å². The summed E-state index contributed by atoms with van der Waals surface area (Å²) in [4.78, 5) is 10.6. The number of rotatable bonds is 3. The first-order chi connectivity index (χ1) is 13.2. The first-order valence-electron chi connectivity index (χ1n) is 8.52. The Morgan fingerprint density at radius 3 is 1.96 bits per heavy atom. The van der Waals surface area contributed by atoms with Gasteiger partial charge in [-0.3, -0.25) is 4.79 Å². The third-order valence-corrected chi connectivity index (χ3v) is 3.91. The van der Waals surface area contributed by atoms with Gasteiger partial charge in [-0.1, -0.05) is 24.3 Å². The fraction of sp³-hybridized carbons (Fsp3) is 0.300. The minimum Gasteiger partial charge on any atom is -0.486 e. The Morgan fingerprint density at radius 1 is 0.889 bits per heavy atom. The van der Waals surface area contributed by atoms with Crippen LogP contribution in [0.5, 0.6) is 23.0 Å². The molecule has 0 spiro atoms. The molecule has 7 heteroatoms. The highest BCUT2D eigenvalue weighted by atomic mass is 16.6. The van der Waals surface area contributed by atoms with Crippen LogP contribution in [0.25, 0.3) is 0 Å². The number of para-hydroxylation sites is 2. The molecule has 0 bridgehead atoms. The van der Waals surface area contributed by atoms with Crippen LogP contribution in [0.1, 0.15) is 11.1 Å². The lowest BCUT2D eigenvalue weighted by molar-refractivity contribution is -0.136. The second-order valence-corrected chi connectivity index (χ2v) is 5.79. The Hall–Kier alpha value is -3.40. The zero-order valence-corrected chi connectivity index (χ0v) is 14.6. The number of fused-ring (bicyclic) bond motifs is 2. The van der Waals surface area contributed by atoms with Crippen molar-refractivity contribution in [2.45, 2.75) is 12.8 Å². The SMILES string of the molecule is N#CCc1cccc2c1OCCO2.O=C(O)Cc1cccc2c1OCCO2. The Morgan fingerprint density at radius 2 is 1.41 bits per heavy atom. The standard InChI is InChI=1S/C10H9NO2.C10H10O4/c11-5-4-8-2-1-3-9-10(8)13-7-6-12-9;11-9(12)6-7-2-1-3-8-10(7)14-5-4-13-8/h1-3H,4,6-7H2;1-3H,4-6H2,(H,11,12). The zero-order chi connectivity index (χ0) is 19.1. The number of ether oxygens (including phenoxy) is 4. The van der Waals surface area contributed by atoms with Crippen molar-refractivity contribution < 1.29 is 28.8 Å². The van der Waals surface area contributed by atoms with Crippen molar-refractivity contribution in [3.05, 3.63) is 47.5 Å². The Kier molecular flexibility index (Phi) is 6.00. The smallest absolute Gasteiger partial charge is 0.307 e. The molecule has 2 aliphatic rings. The Balaban J connectivity index is 0.000000156. The van der Waals surface area contributed by atoms with Crippen LogP contribution >= 0.6 is 0 Å². The molecule has 0 radical (unpaired) electrons. The summed E-state index contributed by atoms with van der Waals surface area (Å²) in [5.41, 5.74) is 1.56. The van der Waals surface area contributed by atoms with Crippen molar-refractivity contribution in [2.24, 2.45) is 0 Å². The summed E-state index contributed by atoms with van der Waals surface area (Å²) < 4.78 is 21.5. The zero-order valence-electron chi connectivity index (χ0n) is 14.6. The van der Waals surface area contributed by atoms with Gasteiger partial charge in [-0.2, -0.15) is 5.26 Å². The fourth-order valence-corrected chi connectivity index (χ4v) is 2.79. The molecule has 0 saturated carbocycles. The number of hydrogen-bond donors (Lipinski definition) is 1. The van der Waals surface area contributed by atoms with Crippen molar-refractivity contribution in [1.82, 2.24) is 0 Å². The quantitative estimate of drug-likeness (QED) is 0.888. The molecule has 2 aromatic carbocycles. The number of carboxylic acids is 1. The van der Waals surface area contributed by atoms with E-state index in [-0.39, 0.29) is 6.42 Å². The molecule has 2 aromatic rings. The molecular formula is C20H19NO6. The predicted molar refractivity (Wildman–Crippen MR) is 95.5 cm³/mol. The number of carboxylic acid groups (broad SMARTS) is 1. The van der Waals surface area contributed by atoms with Gasteiger partial charge < -0.3 is 24.1 Å². The molecule has 140 valence electrons. The molecule has 2 heterocycles. The molecule has 7 nitrogen and oxygen atoms in total. The van der Waals surface area contributed by atoms with Gasteiger partial charge in [0.2, 0.25) is 0 Å². The van der Waals surface area contributed by atoms with Gasteiger partial charge >= 0.3 is 5.97 Å². The number of nitrogens with zero attached hydrogens (tertiary/aromatic N) is 1. The summed E-state index contributed by atoms with van der Waals surface area (Å²) in [6.07, 6.45) is 0.332. The van der Waals surface area contributed by atoms with Crippen LogP contribution in [-0.2, 0) is 17.6 Å². The first kappa shape index (κ1) is 18.4. The normalized spacial score (nSPS) is 13.6. The molecular weight excluding hydrogens is 350 g/mol. The van der Waals surface area contributed by atoms with Gasteiger partial charge in [0, 0.05) is 11.1 Å². The third kappa shape index (κ3) is 4.61. The number of benzene rings is 2. The molecule has 2 aliphatic heterocycles. The van der Waals surface area contributed by atoms with Crippen molar-refractivity contribution >= 4 is 5.97 Å². The average Bonchev–Trinajstić information content (AvgIpc) is 2.69. The van der Waals surface area contributed by atoms with Crippen molar-refractivity contribution in [3.63, 3.8) is 0 Å². The van der Waals surface area contributed by atoms with Crippen LogP contribution in [0.4, 0.5) is 0 Å². The number of aliphatic carboxylic acids is 1. The molecule has 27 heavy (non-hydrogen) atoms. The highest BCUT2D eigenvalue weighted by molar-refractivity contribution is 5.72. The second-order valence-electron chi connectivity index (χ2n) is 5.79. The molecule has 1 N–H and O–H groups in total. The minimum absolute atomic E-state index is 0.0352. The summed E-state index contributed by atoms with van der Waals surface area (Å²) in [6, 6.07) is 13.0. The van der Waals surface area contributed by atoms with Crippen molar-refractivity contribution in [2.75, 3.05) is 26.4 Å². The van der Waals surface area contributed by atoms with Crippen molar-refractivity contribution in [1.29, 1.82) is 5.26 Å². The minimum atomic E-state index is -0.868. The van der Waals surface area contributed by atoms with Gasteiger partial charge in [0.25, 0.3) is 0 Å². The van der Waals surface area contributed by atoms with E-state index in [1.54, 1.807) is 18.2 Å². The van der Waals surface area contributed by atoms with E-state index in [9.17, 15) is 4.79 Å². The molecule has 0 aliphatic carbocycles. The maximum absolute atomic E-state index is 10.6. The van der Waals surface area contributed by atoms with Crippen LogP contribution in [0.2, 0.25) is 0 Å². The molecule has 0 saturated heterocycles. The average molecular weight is 369 g/mol. The molecule has 0 atom stereocenters. The summed E-state index contributed by atoms with van der Waals surface area (Å²) >= 11 is 0. The number of nitriles is 1. The van der Waals surface area contributed by atoms with E-state index in [0.717, 1.165) is 17.1 Å². The summed E-state index contributed by atoms with van der Waals surface area (Å²) in [5, 5.41) is 17.2. The third-order valence-electron chi connectivity index (χ3n) is 3.91. The fourth-order valence-electron chi connectivity index (χ4n) is 2.79. The van der Waals surface area contributed by atoms with Crippen LogP contribution < -0.4 is 18.9 Å². The molecule has 0 unspecified atom stereocenters. The van der Waals surface area contributed by atoms with Gasteiger partial charge in [-0.25, -0.2) is 0 Å². The van der Waals surface area contributed by atoms with Gasteiger partial charge in [-0.15, -0.1) is 0 Å². The largest absolute Gasteiger partial charge is 0.486 e. The van der Waals surface area contributed by atoms with E-state index in [1.165, 1.54) is 0 Å². The Bertz CT molecular complexity index is 858. The van der Waals surface area contributed by atoms with E-state index in [1.807, 2.05) is 18.2 Å². The van der Waals surface area contributed by atoms with E-state index in [2.05, 4.69) is 6.07 Å². The highest BCUT2D eigenvalue weighted by Gasteiger charge is 2.17. The summed E-state index contributed by atoms with van der Waals surface area (Å²) in [7, 11) is 0. The molecule has 0 fully saturated rings. The maximum Gasteiger partial charge on any atom is 0.307 e. The van der Waals surface area contributed by atoms with Crippen LogP contribution in [0.3, 0.4) is 0 Å². The highest BCUT2D eigenvalue weighted by Crippen LogP contribution is 2.34. The predicted octanol–water partition coefficient (Wildman–Crippen LogP) is 2.61. The van der Waals surface area contributed by atoms with Crippen LogP contribution in [-0.4, -0.2) is 37.5 Å². The monoisotopic (exact) mass is 369 g/mol. The number of carbonyl (C=O) groups is 1. The summed E-state index contributed by atoms with van der Waals surface area (Å²) in [5.74, 6) is 1.82. The van der Waals surface area contributed by atoms with E-state index in [0.29, 0.717) is 49.9 Å². The Labute approximate surface area is 156 Å². The lowest BCUT2D eigenvalue weighted by Crippen LogP contribution is -2.17. The lowest BCUT2D eigenvalue weighted by Gasteiger charge is -2.20. The van der Waals surface area contributed by atoms with Gasteiger partial charge in [0.15, 0.2) is 23.0 Å². The van der Waals surface area contributed by atoms with Crippen LogP contribution in [0.15, 0.2) is 36.4 Å². The molecule has 0 aromatic heterocycles. The van der Waals surface area contributed by atoms with Crippen molar-refractivity contribution in [3.8, 4) is 29.1 Å². The number of hydrogen-bond acceptors (Lipinski definition) is 6. The van der Waals surface area contributed by atoms with E-state index >= 15 is 0 Å². The van der Waals surface area contributed by atoms with Crippen LogP contribution in [0, 0.1) is 11.3 Å². The summed E-state index contributed by atoms with van der Waals surface area (Å²) in [6.45, 7) is 2.14. The van der Waals surface area contributed by atoms with E-state index in [4.69, 9.17) is 29.3 Å². The molecule has 4 rings (SSSR count). The van der Waals surface area contributed by atoms with Gasteiger partial charge in [-0.05, 0) is 12.1 Å². The topological polar surface area (TPSA) is 98.0 Å². The van der Waals surface area contributed by atoms with Gasteiger partial charge in [0.05, 0.1) is 18.9 Å². The maximum atomic E-state index is 10.6. The first-order valence-corrected chi connectivity index (χ1v) is 8.52. The second kappa shape index (κ2) is 8.81. The van der Waals surface area contributed by atoms with E-state index < -0.39 is 5.97 Å². The lowest BCUT2D eigenvalue weighted by atomic mass is 10.1.